The van der Waals surface area contributed by atoms with E-state index in [4.69, 9.17) is 0 Å². The number of rotatable bonds is 3. The third-order valence-corrected chi connectivity index (χ3v) is 5.27. The topological polar surface area (TPSA) is 12.0 Å². The zero-order valence-corrected chi connectivity index (χ0v) is 13.7. The van der Waals surface area contributed by atoms with E-state index < -0.39 is 0 Å². The highest BCUT2D eigenvalue weighted by molar-refractivity contribution is 7.99. The van der Waals surface area contributed by atoms with E-state index in [0.29, 0.717) is 12.0 Å². The van der Waals surface area contributed by atoms with Crippen LogP contribution in [0.2, 0.25) is 0 Å². The Hall–Kier alpha value is -0.470. The SMILES string of the molecule is CCCNC1c2cc(C(C)(C)C)ccc2SCC1C. The van der Waals surface area contributed by atoms with Gasteiger partial charge >= 0.3 is 0 Å². The normalized spacial score (nSPS) is 23.2. The molecule has 0 saturated heterocycles. The van der Waals surface area contributed by atoms with E-state index in [0.717, 1.165) is 6.54 Å². The van der Waals surface area contributed by atoms with Gasteiger partial charge in [0.15, 0.2) is 0 Å². The van der Waals surface area contributed by atoms with Gasteiger partial charge in [-0.25, -0.2) is 0 Å². The largest absolute Gasteiger partial charge is 0.310 e. The first kappa shape index (κ1) is 14.9. The monoisotopic (exact) mass is 277 g/mol. The summed E-state index contributed by atoms with van der Waals surface area (Å²) in [7, 11) is 0. The van der Waals surface area contributed by atoms with Crippen molar-refractivity contribution in [2.24, 2.45) is 5.92 Å². The van der Waals surface area contributed by atoms with Gasteiger partial charge in [-0.15, -0.1) is 11.8 Å². The molecule has 1 aliphatic rings. The summed E-state index contributed by atoms with van der Waals surface area (Å²) in [5.74, 6) is 1.93. The van der Waals surface area contributed by atoms with Crippen LogP contribution >= 0.6 is 11.8 Å². The van der Waals surface area contributed by atoms with Crippen LogP contribution in [0.3, 0.4) is 0 Å². The summed E-state index contributed by atoms with van der Waals surface area (Å²) in [6, 6.07) is 7.59. The van der Waals surface area contributed by atoms with Crippen LogP contribution in [0.1, 0.15) is 58.2 Å². The van der Waals surface area contributed by atoms with E-state index in [1.54, 1.807) is 0 Å². The molecular formula is C17H27NS. The minimum Gasteiger partial charge on any atom is -0.310 e. The molecule has 0 aliphatic carbocycles. The number of benzene rings is 1. The van der Waals surface area contributed by atoms with Crippen LogP contribution in [-0.2, 0) is 5.41 Å². The maximum absolute atomic E-state index is 3.74. The minimum absolute atomic E-state index is 0.232. The zero-order valence-electron chi connectivity index (χ0n) is 12.9. The molecule has 0 spiro atoms. The second-order valence-electron chi connectivity index (χ2n) is 6.72. The average molecular weight is 277 g/mol. The number of hydrogen-bond acceptors (Lipinski definition) is 2. The molecule has 1 aliphatic heterocycles. The molecule has 1 heterocycles. The molecule has 2 unspecified atom stereocenters. The summed E-state index contributed by atoms with van der Waals surface area (Å²) in [5.41, 5.74) is 3.20. The van der Waals surface area contributed by atoms with Crippen molar-refractivity contribution in [1.29, 1.82) is 0 Å². The van der Waals surface area contributed by atoms with Crippen LogP contribution in [0.5, 0.6) is 0 Å². The molecule has 106 valence electrons. The third-order valence-electron chi connectivity index (χ3n) is 3.90. The van der Waals surface area contributed by atoms with Gasteiger partial charge in [-0.1, -0.05) is 46.8 Å². The van der Waals surface area contributed by atoms with Crippen molar-refractivity contribution in [3.8, 4) is 0 Å². The molecule has 0 fully saturated rings. The molecule has 0 bridgehead atoms. The molecule has 2 atom stereocenters. The van der Waals surface area contributed by atoms with Gasteiger partial charge < -0.3 is 5.32 Å². The fraction of sp³-hybridized carbons (Fsp3) is 0.647. The van der Waals surface area contributed by atoms with Gasteiger partial charge in [-0.3, -0.25) is 0 Å². The summed E-state index contributed by atoms with van der Waals surface area (Å²) < 4.78 is 0. The average Bonchev–Trinajstić information content (AvgIpc) is 2.36. The van der Waals surface area contributed by atoms with Gasteiger partial charge in [0, 0.05) is 16.7 Å². The summed E-state index contributed by atoms with van der Waals surface area (Å²) in [6.07, 6.45) is 1.20. The van der Waals surface area contributed by atoms with Crippen molar-refractivity contribution < 1.29 is 0 Å². The standard InChI is InChI=1S/C17H27NS/c1-6-9-18-16-12(2)11-19-15-8-7-13(10-14(15)16)17(3,4)5/h7-8,10,12,16,18H,6,9,11H2,1-5H3. The molecule has 19 heavy (non-hydrogen) atoms. The Morgan fingerprint density at radius 1 is 1.32 bits per heavy atom. The van der Waals surface area contributed by atoms with E-state index in [2.05, 4.69) is 58.1 Å². The van der Waals surface area contributed by atoms with Crippen molar-refractivity contribution in [2.75, 3.05) is 12.3 Å². The Kier molecular flexibility index (Phi) is 4.62. The van der Waals surface area contributed by atoms with Crippen molar-refractivity contribution in [3.05, 3.63) is 29.3 Å². The van der Waals surface area contributed by atoms with Crippen molar-refractivity contribution in [1.82, 2.24) is 5.32 Å². The number of fused-ring (bicyclic) bond motifs is 1. The molecule has 1 nitrogen and oxygen atoms in total. The Morgan fingerprint density at radius 3 is 2.68 bits per heavy atom. The Bertz CT molecular complexity index is 433. The molecule has 1 aromatic rings. The summed E-state index contributed by atoms with van der Waals surface area (Å²) in [6.45, 7) is 12.6. The fourth-order valence-electron chi connectivity index (χ4n) is 2.62. The highest BCUT2D eigenvalue weighted by Gasteiger charge is 2.28. The van der Waals surface area contributed by atoms with Crippen molar-refractivity contribution in [2.45, 2.75) is 57.4 Å². The highest BCUT2D eigenvalue weighted by atomic mass is 32.2. The number of nitrogens with one attached hydrogen (secondary N) is 1. The molecule has 0 amide bonds. The Morgan fingerprint density at radius 2 is 2.05 bits per heavy atom. The van der Waals surface area contributed by atoms with Gasteiger partial charge in [0.05, 0.1) is 0 Å². The minimum atomic E-state index is 0.232. The predicted octanol–water partition coefficient (Wildman–Crippen LogP) is 4.77. The lowest BCUT2D eigenvalue weighted by atomic mass is 9.84. The third kappa shape index (κ3) is 3.35. The first-order valence-electron chi connectivity index (χ1n) is 7.44. The Balaban J connectivity index is 2.35. The van der Waals surface area contributed by atoms with Crippen LogP contribution in [-0.4, -0.2) is 12.3 Å². The summed E-state index contributed by atoms with van der Waals surface area (Å²) in [5, 5.41) is 3.74. The second-order valence-corrected chi connectivity index (χ2v) is 7.78. The lowest BCUT2D eigenvalue weighted by molar-refractivity contribution is 0.406. The van der Waals surface area contributed by atoms with Gasteiger partial charge in [0.1, 0.15) is 0 Å². The summed E-state index contributed by atoms with van der Waals surface area (Å²) >= 11 is 2.01. The van der Waals surface area contributed by atoms with Crippen LogP contribution in [0.4, 0.5) is 0 Å². The lowest BCUT2D eigenvalue weighted by Crippen LogP contribution is -2.32. The maximum atomic E-state index is 3.74. The predicted molar refractivity (Wildman–Crippen MR) is 86.1 cm³/mol. The van der Waals surface area contributed by atoms with E-state index in [1.165, 1.54) is 28.2 Å². The lowest BCUT2D eigenvalue weighted by Gasteiger charge is -2.33. The van der Waals surface area contributed by atoms with E-state index in [1.807, 2.05) is 11.8 Å². The molecule has 0 saturated carbocycles. The quantitative estimate of drug-likeness (QED) is 0.854. The smallest absolute Gasteiger partial charge is 0.0365 e. The maximum Gasteiger partial charge on any atom is 0.0365 e. The van der Waals surface area contributed by atoms with E-state index >= 15 is 0 Å². The first-order valence-corrected chi connectivity index (χ1v) is 8.42. The number of hydrogen-bond donors (Lipinski definition) is 1. The number of thioether (sulfide) groups is 1. The summed E-state index contributed by atoms with van der Waals surface area (Å²) in [4.78, 5) is 1.47. The van der Waals surface area contributed by atoms with Crippen molar-refractivity contribution >= 4 is 11.8 Å². The highest BCUT2D eigenvalue weighted by Crippen LogP contribution is 2.41. The molecule has 0 aromatic heterocycles. The molecule has 0 radical (unpaired) electrons. The van der Waals surface area contributed by atoms with Crippen LogP contribution < -0.4 is 5.32 Å². The van der Waals surface area contributed by atoms with Gasteiger partial charge in [-0.2, -0.15) is 0 Å². The van der Waals surface area contributed by atoms with Gasteiger partial charge in [0.25, 0.3) is 0 Å². The molecule has 1 aromatic carbocycles. The molecule has 2 heteroatoms. The Labute approximate surface area is 122 Å². The van der Waals surface area contributed by atoms with Gasteiger partial charge in [0.2, 0.25) is 0 Å². The van der Waals surface area contributed by atoms with E-state index in [-0.39, 0.29) is 5.41 Å². The zero-order chi connectivity index (χ0) is 14.0. The second kappa shape index (κ2) is 5.88. The molecular weight excluding hydrogens is 250 g/mol. The first-order chi connectivity index (χ1) is 8.93. The van der Waals surface area contributed by atoms with Crippen LogP contribution in [0, 0.1) is 5.92 Å². The molecule has 2 rings (SSSR count). The van der Waals surface area contributed by atoms with E-state index in [9.17, 15) is 0 Å². The molecule has 1 N–H and O–H groups in total. The van der Waals surface area contributed by atoms with Crippen LogP contribution in [0.15, 0.2) is 23.1 Å². The van der Waals surface area contributed by atoms with Crippen molar-refractivity contribution in [3.63, 3.8) is 0 Å². The fourth-order valence-corrected chi connectivity index (χ4v) is 3.78. The van der Waals surface area contributed by atoms with Crippen LogP contribution in [0.25, 0.3) is 0 Å². The van der Waals surface area contributed by atoms with Gasteiger partial charge in [-0.05, 0) is 41.5 Å².